The van der Waals surface area contributed by atoms with Gasteiger partial charge < -0.3 is 9.84 Å². The number of benzene rings is 2. The molecule has 0 saturated heterocycles. The number of rotatable bonds is 5. The first-order valence-electron chi connectivity index (χ1n) is 9.90. The van der Waals surface area contributed by atoms with Gasteiger partial charge in [0.05, 0.1) is 4.88 Å². The van der Waals surface area contributed by atoms with Crippen LogP contribution in [-0.2, 0) is 6.54 Å². The molecule has 33 heavy (non-hydrogen) atoms. The van der Waals surface area contributed by atoms with E-state index in [1.807, 2.05) is 6.07 Å². The molecule has 9 heteroatoms. The quantitative estimate of drug-likeness (QED) is 0.357. The van der Waals surface area contributed by atoms with E-state index in [1.165, 1.54) is 40.0 Å². The fourth-order valence-electron chi connectivity index (χ4n) is 3.54. The number of ether oxygens (including phenoxy) is 1. The zero-order chi connectivity index (χ0) is 22.9. The van der Waals surface area contributed by atoms with Crippen LogP contribution >= 0.6 is 22.9 Å². The summed E-state index contributed by atoms with van der Waals surface area (Å²) < 4.78 is 22.5. The van der Waals surface area contributed by atoms with Gasteiger partial charge in [-0.3, -0.25) is 0 Å². The Labute approximate surface area is 196 Å². The van der Waals surface area contributed by atoms with E-state index in [2.05, 4.69) is 4.98 Å². The lowest BCUT2D eigenvalue weighted by Gasteiger charge is -2.11. The summed E-state index contributed by atoms with van der Waals surface area (Å²) in [6.45, 7) is 0.262. The van der Waals surface area contributed by atoms with Crippen molar-refractivity contribution in [1.29, 1.82) is 0 Å². The van der Waals surface area contributed by atoms with Crippen molar-refractivity contribution in [2.24, 2.45) is 0 Å². The van der Waals surface area contributed by atoms with Crippen LogP contribution in [0.3, 0.4) is 0 Å². The Hall–Kier alpha value is -3.75. The first-order valence-corrected chi connectivity index (χ1v) is 11.1. The molecule has 0 fully saturated rings. The molecule has 3 heterocycles. The number of aromatic hydroxyl groups is 1. The molecule has 0 aliphatic heterocycles. The summed E-state index contributed by atoms with van der Waals surface area (Å²) in [5.41, 5.74) is 0.781. The maximum Gasteiger partial charge on any atom is 0.354 e. The van der Waals surface area contributed by atoms with Gasteiger partial charge in [0.2, 0.25) is 0 Å². The molecule has 0 bridgehead atoms. The Kier molecular flexibility index (Phi) is 5.53. The number of thiazole rings is 1. The Morgan fingerprint density at radius 1 is 1.06 bits per heavy atom. The second-order valence-electron chi connectivity index (χ2n) is 7.18. The predicted octanol–water partition coefficient (Wildman–Crippen LogP) is 5.05. The standard InChI is InChI=1S/C24H15ClFN3O3S/c25-24-27-12-19(33-24)14-29-20-11-10-18(32-17-8-6-16(26)7-9-17)13-28(20)22(30)21(23(29)31)15-4-2-1-3-5-15/h1-13H,14H2/p+1. The summed E-state index contributed by atoms with van der Waals surface area (Å²) in [6.07, 6.45) is 3.18. The van der Waals surface area contributed by atoms with E-state index in [0.29, 0.717) is 27.2 Å². The van der Waals surface area contributed by atoms with Crippen LogP contribution in [0.1, 0.15) is 4.88 Å². The highest BCUT2D eigenvalue weighted by atomic mass is 35.5. The van der Waals surface area contributed by atoms with Crippen LogP contribution in [0, 0.1) is 5.82 Å². The minimum atomic E-state index is -0.406. The molecule has 0 spiro atoms. The smallest absolute Gasteiger partial charge is 0.354 e. The molecule has 5 rings (SSSR count). The molecule has 1 N–H and O–H groups in total. The van der Waals surface area contributed by atoms with E-state index in [1.54, 1.807) is 53.4 Å². The van der Waals surface area contributed by atoms with Crippen LogP contribution in [-0.4, -0.2) is 14.5 Å². The number of nitrogens with zero attached hydrogens (tertiary/aromatic N) is 3. The van der Waals surface area contributed by atoms with Crippen molar-refractivity contribution < 1.29 is 18.8 Å². The number of hydrogen-bond acceptors (Lipinski definition) is 5. The first kappa shape index (κ1) is 21.1. The number of aromatic nitrogens is 3. The molecule has 0 aliphatic rings. The summed E-state index contributed by atoms with van der Waals surface area (Å²) in [7, 11) is 0. The van der Waals surface area contributed by atoms with Crippen LogP contribution in [0.2, 0.25) is 4.47 Å². The summed E-state index contributed by atoms with van der Waals surface area (Å²) in [5, 5.41) is 11.2. The van der Waals surface area contributed by atoms with Crippen LogP contribution in [0.5, 0.6) is 17.4 Å². The average molecular weight is 481 g/mol. The van der Waals surface area contributed by atoms with Gasteiger partial charge in [0.1, 0.15) is 24.3 Å². The van der Waals surface area contributed by atoms with Crippen LogP contribution in [0.25, 0.3) is 16.8 Å². The molecule has 5 aromatic rings. The number of fused-ring (bicyclic) bond motifs is 1. The van der Waals surface area contributed by atoms with Gasteiger partial charge in [-0.1, -0.05) is 41.9 Å². The van der Waals surface area contributed by atoms with Gasteiger partial charge in [-0.15, -0.1) is 11.3 Å². The van der Waals surface area contributed by atoms with Gasteiger partial charge in [-0.25, -0.2) is 14.2 Å². The van der Waals surface area contributed by atoms with Crippen molar-refractivity contribution >= 4 is 28.6 Å². The van der Waals surface area contributed by atoms with Gasteiger partial charge in [-0.05, 0) is 35.9 Å². The predicted molar refractivity (Wildman–Crippen MR) is 124 cm³/mol. The molecule has 0 atom stereocenters. The molecular weight excluding hydrogens is 465 g/mol. The van der Waals surface area contributed by atoms with Gasteiger partial charge in [0.25, 0.3) is 11.5 Å². The summed E-state index contributed by atoms with van der Waals surface area (Å²) in [6, 6.07) is 17.9. The molecular formula is C24H16ClFN3O3S+. The van der Waals surface area contributed by atoms with Gasteiger partial charge in [-0.2, -0.15) is 8.97 Å². The fourth-order valence-corrected chi connectivity index (χ4v) is 4.51. The van der Waals surface area contributed by atoms with E-state index >= 15 is 0 Å². The zero-order valence-electron chi connectivity index (χ0n) is 17.0. The summed E-state index contributed by atoms with van der Waals surface area (Å²) in [5.74, 6) is 0.276. The third kappa shape index (κ3) is 4.18. The Morgan fingerprint density at radius 2 is 1.79 bits per heavy atom. The molecule has 2 aromatic carbocycles. The molecule has 0 saturated carbocycles. The van der Waals surface area contributed by atoms with Crippen LogP contribution in [0.15, 0.2) is 83.9 Å². The van der Waals surface area contributed by atoms with Crippen LogP contribution < -0.4 is 14.9 Å². The Bertz CT molecular complexity index is 1520. The Morgan fingerprint density at radius 3 is 2.48 bits per heavy atom. The maximum atomic E-state index is 13.5. The highest BCUT2D eigenvalue weighted by molar-refractivity contribution is 7.15. The molecule has 6 nitrogen and oxygen atoms in total. The Balaban J connectivity index is 1.70. The van der Waals surface area contributed by atoms with E-state index < -0.39 is 5.56 Å². The van der Waals surface area contributed by atoms with E-state index in [4.69, 9.17) is 16.3 Å². The summed E-state index contributed by atoms with van der Waals surface area (Å²) in [4.78, 5) is 18.3. The monoisotopic (exact) mass is 480 g/mol. The lowest BCUT2D eigenvalue weighted by atomic mass is 10.1. The molecule has 0 amide bonds. The second kappa shape index (κ2) is 8.65. The average Bonchev–Trinajstić information content (AvgIpc) is 3.24. The highest BCUT2D eigenvalue weighted by Crippen LogP contribution is 2.26. The van der Waals surface area contributed by atoms with Crippen molar-refractivity contribution in [3.63, 3.8) is 0 Å². The molecule has 0 aliphatic carbocycles. The number of hydrogen-bond donors (Lipinski definition) is 1. The third-order valence-electron chi connectivity index (χ3n) is 5.04. The van der Waals surface area contributed by atoms with Crippen molar-refractivity contribution in [2.45, 2.75) is 6.54 Å². The first-order chi connectivity index (χ1) is 16.0. The number of pyridine rings is 1. The third-order valence-corrected chi connectivity index (χ3v) is 6.14. The SMILES string of the molecule is O=c1c(-c2ccccc2)c(O)[n+](Cc2cnc(Cl)s2)c2ccc(Oc3ccc(F)cc3)cn12. The normalized spacial score (nSPS) is 11.1. The van der Waals surface area contributed by atoms with E-state index in [-0.39, 0.29) is 23.8 Å². The zero-order valence-corrected chi connectivity index (χ0v) is 18.6. The fraction of sp³-hybridized carbons (Fsp3) is 0.0417. The van der Waals surface area contributed by atoms with E-state index in [0.717, 1.165) is 4.88 Å². The highest BCUT2D eigenvalue weighted by Gasteiger charge is 2.26. The second-order valence-corrected chi connectivity index (χ2v) is 8.88. The minimum absolute atomic E-state index is 0.155. The lowest BCUT2D eigenvalue weighted by molar-refractivity contribution is -0.671. The van der Waals surface area contributed by atoms with Crippen molar-refractivity contribution in [3.8, 4) is 28.5 Å². The molecule has 0 radical (unpaired) electrons. The van der Waals surface area contributed by atoms with Gasteiger partial charge in [0, 0.05) is 12.3 Å². The van der Waals surface area contributed by atoms with E-state index in [9.17, 15) is 14.3 Å². The molecule has 164 valence electrons. The van der Waals surface area contributed by atoms with Gasteiger partial charge >= 0.3 is 5.56 Å². The lowest BCUT2D eigenvalue weighted by Crippen LogP contribution is -2.41. The minimum Gasteiger partial charge on any atom is -0.477 e. The molecule has 3 aromatic heterocycles. The van der Waals surface area contributed by atoms with Gasteiger partial charge in [0.15, 0.2) is 15.8 Å². The van der Waals surface area contributed by atoms with Crippen molar-refractivity contribution in [3.05, 3.63) is 105 Å². The summed E-state index contributed by atoms with van der Waals surface area (Å²) >= 11 is 7.28. The van der Waals surface area contributed by atoms with Crippen LogP contribution in [0.4, 0.5) is 4.39 Å². The topological polar surface area (TPSA) is 67.7 Å². The largest absolute Gasteiger partial charge is 0.477 e. The maximum absolute atomic E-state index is 13.5. The van der Waals surface area contributed by atoms with Crippen molar-refractivity contribution in [2.75, 3.05) is 0 Å². The van der Waals surface area contributed by atoms with Crippen molar-refractivity contribution in [1.82, 2.24) is 9.38 Å². The molecule has 0 unspecified atom stereocenters. The number of halogens is 2.